The molecular formula is C12H20N2O5. The third-order valence-corrected chi connectivity index (χ3v) is 3.36. The molecular weight excluding hydrogens is 252 g/mol. The Morgan fingerprint density at radius 2 is 2.16 bits per heavy atom. The van der Waals surface area contributed by atoms with Crippen LogP contribution in [-0.2, 0) is 19.1 Å². The number of carboxylic acids is 1. The summed E-state index contributed by atoms with van der Waals surface area (Å²) < 4.78 is 10.8. The number of carboxylic acid groups (broad SMARTS) is 1. The molecule has 0 aromatic rings. The molecule has 2 rings (SSSR count). The lowest BCUT2D eigenvalue weighted by atomic mass is 10.1. The molecule has 2 heterocycles. The first-order valence-corrected chi connectivity index (χ1v) is 6.58. The van der Waals surface area contributed by atoms with E-state index in [0.717, 1.165) is 6.54 Å². The molecule has 0 aromatic carbocycles. The molecule has 1 amide bonds. The van der Waals surface area contributed by atoms with E-state index in [0.29, 0.717) is 39.3 Å². The topological polar surface area (TPSA) is 88.1 Å². The summed E-state index contributed by atoms with van der Waals surface area (Å²) in [6.07, 6.45) is 0.105. The summed E-state index contributed by atoms with van der Waals surface area (Å²) in [5.41, 5.74) is 0. The van der Waals surface area contributed by atoms with Gasteiger partial charge in [0.15, 0.2) is 0 Å². The zero-order chi connectivity index (χ0) is 13.7. The molecule has 2 N–H and O–H groups in total. The monoisotopic (exact) mass is 272 g/mol. The molecule has 0 aromatic heterocycles. The van der Waals surface area contributed by atoms with E-state index in [4.69, 9.17) is 14.6 Å². The lowest BCUT2D eigenvalue weighted by molar-refractivity contribution is -0.148. The molecule has 2 fully saturated rings. The van der Waals surface area contributed by atoms with Crippen LogP contribution < -0.4 is 5.32 Å². The van der Waals surface area contributed by atoms with Crippen LogP contribution in [0.1, 0.15) is 12.8 Å². The third kappa shape index (κ3) is 4.15. The molecule has 7 heteroatoms. The summed E-state index contributed by atoms with van der Waals surface area (Å²) in [5.74, 6) is -0.966. The van der Waals surface area contributed by atoms with Crippen LogP contribution >= 0.6 is 0 Å². The Morgan fingerprint density at radius 3 is 2.84 bits per heavy atom. The number of carbonyl (C=O) groups excluding carboxylic acids is 1. The molecule has 108 valence electrons. The summed E-state index contributed by atoms with van der Waals surface area (Å²) in [6, 6.07) is -0.365. The summed E-state index contributed by atoms with van der Waals surface area (Å²) in [4.78, 5) is 24.6. The lowest BCUT2D eigenvalue weighted by Gasteiger charge is -2.36. The van der Waals surface area contributed by atoms with Crippen LogP contribution in [0.15, 0.2) is 0 Å². The van der Waals surface area contributed by atoms with E-state index in [-0.39, 0.29) is 24.5 Å². The second-order valence-corrected chi connectivity index (χ2v) is 4.81. The van der Waals surface area contributed by atoms with Crippen LogP contribution in [0.4, 0.5) is 0 Å². The molecule has 7 nitrogen and oxygen atoms in total. The Labute approximate surface area is 111 Å². The van der Waals surface area contributed by atoms with Crippen LogP contribution in [0.5, 0.6) is 0 Å². The van der Waals surface area contributed by atoms with E-state index in [1.54, 1.807) is 4.90 Å². The van der Waals surface area contributed by atoms with E-state index in [9.17, 15) is 9.59 Å². The fourth-order valence-corrected chi connectivity index (χ4v) is 2.42. The van der Waals surface area contributed by atoms with Crippen molar-refractivity contribution in [2.45, 2.75) is 25.0 Å². The van der Waals surface area contributed by atoms with Gasteiger partial charge in [0.25, 0.3) is 0 Å². The summed E-state index contributed by atoms with van der Waals surface area (Å²) in [6.45, 7) is 3.30. The lowest BCUT2D eigenvalue weighted by Crippen LogP contribution is -2.51. The van der Waals surface area contributed by atoms with Gasteiger partial charge in [-0.1, -0.05) is 0 Å². The number of carbonyl (C=O) groups is 2. The molecule has 2 aliphatic heterocycles. The van der Waals surface area contributed by atoms with Gasteiger partial charge in [-0.25, -0.2) is 0 Å². The van der Waals surface area contributed by atoms with Crippen molar-refractivity contribution in [2.24, 2.45) is 0 Å². The highest BCUT2D eigenvalue weighted by atomic mass is 16.5. The largest absolute Gasteiger partial charge is 0.481 e. The predicted molar refractivity (Wildman–Crippen MR) is 65.8 cm³/mol. The van der Waals surface area contributed by atoms with E-state index in [2.05, 4.69) is 5.32 Å². The Hall–Kier alpha value is -1.18. The highest BCUT2D eigenvalue weighted by molar-refractivity contribution is 5.78. The molecule has 2 atom stereocenters. The Balaban J connectivity index is 1.88. The Bertz CT molecular complexity index is 330. The highest BCUT2D eigenvalue weighted by Crippen LogP contribution is 2.14. The number of hydrogen-bond donors (Lipinski definition) is 2. The van der Waals surface area contributed by atoms with Gasteiger partial charge in [0.05, 0.1) is 44.8 Å². The molecule has 0 spiro atoms. The first-order valence-electron chi connectivity index (χ1n) is 6.58. The quantitative estimate of drug-likeness (QED) is 0.687. The number of nitrogens with zero attached hydrogens (tertiary/aromatic N) is 1. The number of amides is 1. The Kier molecular flexibility index (Phi) is 5.12. The second kappa shape index (κ2) is 6.83. The van der Waals surface area contributed by atoms with Crippen LogP contribution in [0, 0.1) is 0 Å². The normalized spacial score (nSPS) is 28.1. The summed E-state index contributed by atoms with van der Waals surface area (Å²) in [5, 5.41) is 12.0. The molecule has 2 saturated heterocycles. The summed E-state index contributed by atoms with van der Waals surface area (Å²) in [7, 11) is 0. The van der Waals surface area contributed by atoms with Crippen LogP contribution in [0.3, 0.4) is 0 Å². The van der Waals surface area contributed by atoms with Crippen molar-refractivity contribution in [1.82, 2.24) is 10.2 Å². The molecule has 19 heavy (non-hydrogen) atoms. The SMILES string of the molecule is O=C(O)CC1COCCN1C(=O)CC1CNCCO1. The van der Waals surface area contributed by atoms with E-state index in [1.165, 1.54) is 0 Å². The van der Waals surface area contributed by atoms with Crippen molar-refractivity contribution in [1.29, 1.82) is 0 Å². The molecule has 0 saturated carbocycles. The van der Waals surface area contributed by atoms with Gasteiger partial charge in [-0.05, 0) is 0 Å². The number of nitrogens with one attached hydrogen (secondary N) is 1. The van der Waals surface area contributed by atoms with Crippen LogP contribution in [0.2, 0.25) is 0 Å². The zero-order valence-corrected chi connectivity index (χ0v) is 10.8. The van der Waals surface area contributed by atoms with Crippen molar-refractivity contribution in [2.75, 3.05) is 39.5 Å². The maximum atomic E-state index is 12.2. The maximum absolute atomic E-state index is 12.2. The van der Waals surface area contributed by atoms with Crippen LogP contribution in [0.25, 0.3) is 0 Å². The molecule has 0 radical (unpaired) electrons. The average Bonchev–Trinajstić information content (AvgIpc) is 2.39. The molecule has 0 bridgehead atoms. The number of hydrogen-bond acceptors (Lipinski definition) is 5. The van der Waals surface area contributed by atoms with Gasteiger partial charge in [0.1, 0.15) is 0 Å². The van der Waals surface area contributed by atoms with Crippen LogP contribution in [-0.4, -0.2) is 73.5 Å². The summed E-state index contributed by atoms with van der Waals surface area (Å²) >= 11 is 0. The van der Waals surface area contributed by atoms with Crippen molar-refractivity contribution < 1.29 is 24.2 Å². The minimum absolute atomic E-state index is 0.0525. The van der Waals surface area contributed by atoms with E-state index < -0.39 is 5.97 Å². The number of aliphatic carboxylic acids is 1. The maximum Gasteiger partial charge on any atom is 0.305 e. The van der Waals surface area contributed by atoms with Gasteiger partial charge in [0, 0.05) is 19.6 Å². The smallest absolute Gasteiger partial charge is 0.305 e. The first-order chi connectivity index (χ1) is 9.16. The first kappa shape index (κ1) is 14.2. The van der Waals surface area contributed by atoms with E-state index in [1.807, 2.05) is 0 Å². The fourth-order valence-electron chi connectivity index (χ4n) is 2.42. The van der Waals surface area contributed by atoms with Gasteiger partial charge < -0.3 is 24.8 Å². The van der Waals surface area contributed by atoms with Crippen molar-refractivity contribution in [3.63, 3.8) is 0 Å². The minimum Gasteiger partial charge on any atom is -0.481 e. The van der Waals surface area contributed by atoms with Gasteiger partial charge in [0.2, 0.25) is 5.91 Å². The van der Waals surface area contributed by atoms with Crippen molar-refractivity contribution in [3.05, 3.63) is 0 Å². The fraction of sp³-hybridized carbons (Fsp3) is 0.833. The Morgan fingerprint density at radius 1 is 1.32 bits per heavy atom. The van der Waals surface area contributed by atoms with Crippen molar-refractivity contribution in [3.8, 4) is 0 Å². The number of morpholine rings is 2. The average molecular weight is 272 g/mol. The number of ether oxygens (including phenoxy) is 2. The zero-order valence-electron chi connectivity index (χ0n) is 10.8. The highest BCUT2D eigenvalue weighted by Gasteiger charge is 2.30. The minimum atomic E-state index is -0.913. The van der Waals surface area contributed by atoms with Gasteiger partial charge >= 0.3 is 5.97 Å². The van der Waals surface area contributed by atoms with Gasteiger partial charge in [-0.3, -0.25) is 9.59 Å². The van der Waals surface area contributed by atoms with Gasteiger partial charge in [-0.15, -0.1) is 0 Å². The molecule has 2 unspecified atom stereocenters. The standard InChI is InChI=1S/C12H20N2O5/c15-11(6-10-7-13-1-3-19-10)14-2-4-18-8-9(14)5-12(16)17/h9-10,13H,1-8H2,(H,16,17). The number of rotatable bonds is 4. The predicted octanol–water partition coefficient (Wildman–Crippen LogP) is -0.933. The molecule has 0 aliphatic carbocycles. The van der Waals surface area contributed by atoms with E-state index >= 15 is 0 Å². The second-order valence-electron chi connectivity index (χ2n) is 4.81. The van der Waals surface area contributed by atoms with Gasteiger partial charge in [-0.2, -0.15) is 0 Å². The third-order valence-electron chi connectivity index (χ3n) is 3.36. The van der Waals surface area contributed by atoms with Crippen molar-refractivity contribution >= 4 is 11.9 Å². The molecule has 2 aliphatic rings.